The van der Waals surface area contributed by atoms with Crippen LogP contribution in [0.4, 0.5) is 5.69 Å². The lowest BCUT2D eigenvalue weighted by molar-refractivity contribution is 0.680. The first-order valence-electron chi connectivity index (χ1n) is 9.42. The molecule has 0 saturated heterocycles. The Morgan fingerprint density at radius 1 is 1.00 bits per heavy atom. The summed E-state index contributed by atoms with van der Waals surface area (Å²) in [5.41, 5.74) is 1.26. The van der Waals surface area contributed by atoms with E-state index in [0.717, 1.165) is 36.9 Å². The fraction of sp³-hybridized carbons (Fsp3) is 0.381. The first-order valence-corrected chi connectivity index (χ1v) is 10.7. The number of nitrogens with zero attached hydrogens (tertiary/aromatic N) is 2. The van der Waals surface area contributed by atoms with E-state index in [-0.39, 0.29) is 24.0 Å². The molecule has 0 aliphatic rings. The number of hydrogen-bond acceptors (Lipinski definition) is 3. The highest BCUT2D eigenvalue weighted by Gasteiger charge is 2.05. The molecule has 2 aromatic rings. The standard InChI is InChI=1S/C21H30N4OS.HI/c1-3-25(19-11-6-4-7-12-19)17-10-15-23-21(22-2)24-16-18-27(26)20-13-8-5-9-14-20;/h4-9,11-14H,3,10,15-18H2,1-2H3,(H2,22,23,24);1H. The molecule has 0 saturated carbocycles. The van der Waals surface area contributed by atoms with Gasteiger partial charge in [0.2, 0.25) is 0 Å². The highest BCUT2D eigenvalue weighted by molar-refractivity contribution is 14.0. The SMILES string of the molecule is CCN(CCCNC(=NC)NCCS(=O)c1ccccc1)c1ccccc1.I. The molecule has 5 nitrogen and oxygen atoms in total. The summed E-state index contributed by atoms with van der Waals surface area (Å²) in [4.78, 5) is 7.46. The summed E-state index contributed by atoms with van der Waals surface area (Å²) in [6, 6.07) is 20.0. The predicted octanol–water partition coefficient (Wildman–Crippen LogP) is 3.49. The number of para-hydroxylation sites is 1. The first-order chi connectivity index (χ1) is 13.2. The normalized spacial score (nSPS) is 12.0. The minimum absolute atomic E-state index is 0. The van der Waals surface area contributed by atoms with Crippen molar-refractivity contribution in [3.8, 4) is 0 Å². The van der Waals surface area contributed by atoms with Gasteiger partial charge in [-0.1, -0.05) is 36.4 Å². The van der Waals surface area contributed by atoms with Crippen LogP contribution in [-0.4, -0.2) is 49.1 Å². The number of anilines is 1. The monoisotopic (exact) mass is 514 g/mol. The molecule has 154 valence electrons. The quantitative estimate of drug-likeness (QED) is 0.221. The Kier molecular flexibility index (Phi) is 12.6. The molecular formula is C21H31IN4OS. The van der Waals surface area contributed by atoms with Gasteiger partial charge in [0.1, 0.15) is 0 Å². The van der Waals surface area contributed by atoms with E-state index >= 15 is 0 Å². The average Bonchev–Trinajstić information content (AvgIpc) is 2.73. The Morgan fingerprint density at radius 3 is 2.21 bits per heavy atom. The molecule has 0 heterocycles. The zero-order valence-corrected chi connectivity index (χ0v) is 19.8. The predicted molar refractivity (Wildman–Crippen MR) is 131 cm³/mol. The molecule has 0 radical (unpaired) electrons. The Labute approximate surface area is 188 Å². The first kappa shape index (κ1) is 24.4. The maximum Gasteiger partial charge on any atom is 0.191 e. The van der Waals surface area contributed by atoms with Crippen molar-refractivity contribution in [1.82, 2.24) is 10.6 Å². The Morgan fingerprint density at radius 2 is 1.61 bits per heavy atom. The van der Waals surface area contributed by atoms with Crippen molar-refractivity contribution in [3.05, 3.63) is 60.7 Å². The third kappa shape index (κ3) is 8.60. The molecule has 2 aromatic carbocycles. The Hall–Kier alpha value is -1.61. The largest absolute Gasteiger partial charge is 0.372 e. The lowest BCUT2D eigenvalue weighted by Crippen LogP contribution is -2.40. The lowest BCUT2D eigenvalue weighted by Gasteiger charge is -2.23. The van der Waals surface area contributed by atoms with Gasteiger partial charge < -0.3 is 15.5 Å². The molecule has 0 fully saturated rings. The molecule has 1 unspecified atom stereocenters. The smallest absolute Gasteiger partial charge is 0.191 e. The van der Waals surface area contributed by atoms with Crippen molar-refractivity contribution in [3.63, 3.8) is 0 Å². The number of nitrogens with one attached hydrogen (secondary N) is 2. The summed E-state index contributed by atoms with van der Waals surface area (Å²) in [6.07, 6.45) is 1.01. The second kappa shape index (κ2) is 14.4. The van der Waals surface area contributed by atoms with Crippen LogP contribution in [0.25, 0.3) is 0 Å². The van der Waals surface area contributed by atoms with Crippen LogP contribution in [0.2, 0.25) is 0 Å². The van der Waals surface area contributed by atoms with Gasteiger partial charge in [-0.15, -0.1) is 24.0 Å². The zero-order chi connectivity index (χ0) is 19.3. The van der Waals surface area contributed by atoms with Gasteiger partial charge >= 0.3 is 0 Å². The third-order valence-electron chi connectivity index (χ3n) is 4.21. The maximum atomic E-state index is 12.2. The summed E-state index contributed by atoms with van der Waals surface area (Å²) in [6.45, 7) is 5.61. The van der Waals surface area contributed by atoms with Crippen LogP contribution in [0.3, 0.4) is 0 Å². The number of halogens is 1. The van der Waals surface area contributed by atoms with Gasteiger partial charge in [-0.05, 0) is 37.6 Å². The van der Waals surface area contributed by atoms with Gasteiger partial charge in [-0.3, -0.25) is 9.20 Å². The van der Waals surface area contributed by atoms with Crippen LogP contribution < -0.4 is 15.5 Å². The van der Waals surface area contributed by atoms with Crippen molar-refractivity contribution < 1.29 is 4.21 Å². The van der Waals surface area contributed by atoms with Gasteiger partial charge in [0, 0.05) is 49.6 Å². The highest BCUT2D eigenvalue weighted by atomic mass is 127. The van der Waals surface area contributed by atoms with Crippen LogP contribution in [0.15, 0.2) is 70.6 Å². The summed E-state index contributed by atoms with van der Waals surface area (Å²) >= 11 is 0. The van der Waals surface area contributed by atoms with Crippen molar-refractivity contribution >= 4 is 46.4 Å². The highest BCUT2D eigenvalue weighted by Crippen LogP contribution is 2.12. The lowest BCUT2D eigenvalue weighted by atomic mass is 10.2. The van der Waals surface area contributed by atoms with Crippen LogP contribution in [0.1, 0.15) is 13.3 Å². The second-order valence-electron chi connectivity index (χ2n) is 6.06. The van der Waals surface area contributed by atoms with Crippen LogP contribution in [0, 0.1) is 0 Å². The van der Waals surface area contributed by atoms with E-state index < -0.39 is 10.8 Å². The summed E-state index contributed by atoms with van der Waals surface area (Å²) < 4.78 is 12.2. The van der Waals surface area contributed by atoms with Gasteiger partial charge in [0.25, 0.3) is 0 Å². The summed E-state index contributed by atoms with van der Waals surface area (Å²) in [5.74, 6) is 1.31. The van der Waals surface area contributed by atoms with Crippen LogP contribution in [-0.2, 0) is 10.8 Å². The molecule has 7 heteroatoms. The van der Waals surface area contributed by atoms with E-state index in [9.17, 15) is 4.21 Å². The van der Waals surface area contributed by atoms with Gasteiger partial charge in [-0.2, -0.15) is 0 Å². The van der Waals surface area contributed by atoms with E-state index in [1.807, 2.05) is 36.4 Å². The molecule has 0 aromatic heterocycles. The van der Waals surface area contributed by atoms with E-state index in [0.29, 0.717) is 12.3 Å². The van der Waals surface area contributed by atoms with E-state index in [2.05, 4.69) is 51.7 Å². The molecule has 0 bridgehead atoms. The van der Waals surface area contributed by atoms with E-state index in [1.165, 1.54) is 5.69 Å². The summed E-state index contributed by atoms with van der Waals surface area (Å²) in [5, 5.41) is 6.56. The van der Waals surface area contributed by atoms with Crippen LogP contribution >= 0.6 is 24.0 Å². The molecule has 2 N–H and O–H groups in total. The number of guanidine groups is 1. The molecule has 28 heavy (non-hydrogen) atoms. The van der Waals surface area contributed by atoms with Gasteiger partial charge in [-0.25, -0.2) is 0 Å². The molecule has 0 aliphatic heterocycles. The fourth-order valence-electron chi connectivity index (χ4n) is 2.76. The molecular weight excluding hydrogens is 483 g/mol. The molecule has 1 atom stereocenters. The van der Waals surface area contributed by atoms with Crippen molar-refractivity contribution in [2.45, 2.75) is 18.2 Å². The third-order valence-corrected chi connectivity index (χ3v) is 5.58. The topological polar surface area (TPSA) is 56.7 Å². The fourth-order valence-corrected chi connectivity index (χ4v) is 3.74. The second-order valence-corrected chi connectivity index (χ2v) is 7.63. The molecule has 0 aliphatic carbocycles. The van der Waals surface area contributed by atoms with E-state index in [1.54, 1.807) is 7.05 Å². The van der Waals surface area contributed by atoms with Crippen molar-refractivity contribution in [1.29, 1.82) is 0 Å². The minimum atomic E-state index is -0.990. The molecule has 0 spiro atoms. The summed E-state index contributed by atoms with van der Waals surface area (Å²) in [7, 11) is 0.766. The van der Waals surface area contributed by atoms with Crippen LogP contribution in [0.5, 0.6) is 0 Å². The van der Waals surface area contributed by atoms with Crippen molar-refractivity contribution in [2.24, 2.45) is 4.99 Å². The number of aliphatic imine (C=N–C) groups is 1. The molecule has 2 rings (SSSR count). The maximum absolute atomic E-state index is 12.2. The zero-order valence-electron chi connectivity index (χ0n) is 16.6. The number of rotatable bonds is 10. The Bertz CT molecular complexity index is 713. The number of hydrogen-bond donors (Lipinski definition) is 2. The van der Waals surface area contributed by atoms with Crippen molar-refractivity contribution in [2.75, 3.05) is 43.9 Å². The number of benzene rings is 2. The molecule has 0 amide bonds. The van der Waals surface area contributed by atoms with Gasteiger partial charge in [0.05, 0.1) is 10.8 Å². The Balaban J connectivity index is 0.00000392. The van der Waals surface area contributed by atoms with Gasteiger partial charge in [0.15, 0.2) is 5.96 Å². The minimum Gasteiger partial charge on any atom is -0.372 e. The average molecular weight is 514 g/mol. The van der Waals surface area contributed by atoms with E-state index in [4.69, 9.17) is 0 Å².